The van der Waals surface area contributed by atoms with E-state index in [0.29, 0.717) is 36.8 Å². The van der Waals surface area contributed by atoms with Crippen LogP contribution in [-0.4, -0.2) is 79.2 Å². The number of nitrogens with one attached hydrogen (secondary N) is 1. The van der Waals surface area contributed by atoms with Crippen LogP contribution in [0.25, 0.3) is 0 Å². The molecular weight excluding hydrogens is 471 g/mol. The number of halogens is 3. The maximum absolute atomic E-state index is 14.5. The molecule has 0 amide bonds. The summed E-state index contributed by atoms with van der Waals surface area (Å²) in [5, 5.41) is 12.9. The van der Waals surface area contributed by atoms with Crippen molar-refractivity contribution in [3.05, 3.63) is 47.2 Å². The number of fused-ring (bicyclic) bond motifs is 2. The van der Waals surface area contributed by atoms with E-state index in [1.165, 1.54) is 0 Å². The van der Waals surface area contributed by atoms with Gasteiger partial charge in [-0.2, -0.15) is 0 Å². The van der Waals surface area contributed by atoms with E-state index < -0.39 is 24.5 Å². The molecule has 2 N–H and O–H groups in total. The highest BCUT2D eigenvalue weighted by Gasteiger charge is 2.47. The zero-order valence-electron chi connectivity index (χ0n) is 21.0. The topological polar surface area (TPSA) is 57.2 Å². The summed E-state index contributed by atoms with van der Waals surface area (Å²) in [6.45, 7) is 4.84. The zero-order chi connectivity index (χ0) is 25.5. The van der Waals surface area contributed by atoms with Crippen LogP contribution in [0.3, 0.4) is 0 Å². The minimum absolute atomic E-state index is 0.140. The smallest absolute Gasteiger partial charge is 0.283 e. The Balaban J connectivity index is 1.38. The van der Waals surface area contributed by atoms with E-state index in [1.54, 1.807) is 0 Å². The third-order valence-corrected chi connectivity index (χ3v) is 7.95. The first-order chi connectivity index (χ1) is 17.2. The van der Waals surface area contributed by atoms with Crippen molar-refractivity contribution in [2.75, 3.05) is 46.3 Å². The predicted molar refractivity (Wildman–Crippen MR) is 131 cm³/mol. The molecule has 1 aromatic carbocycles. The van der Waals surface area contributed by atoms with E-state index in [-0.39, 0.29) is 25.6 Å². The first-order valence-corrected chi connectivity index (χ1v) is 12.8. The van der Waals surface area contributed by atoms with Gasteiger partial charge in [0.2, 0.25) is 6.79 Å². The Bertz CT molecular complexity index is 1030. The van der Waals surface area contributed by atoms with Crippen molar-refractivity contribution in [1.82, 2.24) is 15.1 Å². The fourth-order valence-electron chi connectivity index (χ4n) is 6.02. The van der Waals surface area contributed by atoms with E-state index in [0.717, 1.165) is 36.5 Å². The quantitative estimate of drug-likeness (QED) is 0.530. The highest BCUT2D eigenvalue weighted by molar-refractivity contribution is 5.52. The number of benzene rings is 1. The Morgan fingerprint density at radius 3 is 2.64 bits per heavy atom. The van der Waals surface area contributed by atoms with E-state index >= 15 is 0 Å². The van der Waals surface area contributed by atoms with E-state index in [2.05, 4.69) is 35.4 Å². The van der Waals surface area contributed by atoms with Crippen LogP contribution in [0.1, 0.15) is 43.9 Å². The second-order valence-corrected chi connectivity index (χ2v) is 10.9. The molecule has 0 bridgehead atoms. The molecule has 0 spiro atoms. The molecule has 1 unspecified atom stereocenters. The Morgan fingerprint density at radius 2 is 1.97 bits per heavy atom. The molecule has 1 fully saturated rings. The first-order valence-electron chi connectivity index (χ1n) is 12.8. The fraction of sp³-hybridized carbons (Fsp3) is 0.630. The molecular formula is C27H36F3N3O3. The fourth-order valence-corrected chi connectivity index (χ4v) is 6.02. The van der Waals surface area contributed by atoms with Gasteiger partial charge in [-0.05, 0) is 55.5 Å². The summed E-state index contributed by atoms with van der Waals surface area (Å²) in [6, 6.07) is 3.82. The average molecular weight is 508 g/mol. The second kappa shape index (κ2) is 9.91. The summed E-state index contributed by atoms with van der Waals surface area (Å²) in [5.74, 6) is -1.85. The molecule has 5 rings (SSSR count). The molecule has 1 saturated heterocycles. The molecule has 3 atom stereocenters. The average Bonchev–Trinajstić information content (AvgIpc) is 3.28. The molecule has 198 valence electrons. The third-order valence-electron chi connectivity index (χ3n) is 7.95. The van der Waals surface area contributed by atoms with Gasteiger partial charge in [0.05, 0.1) is 19.3 Å². The molecule has 0 saturated carbocycles. The van der Waals surface area contributed by atoms with Crippen LogP contribution in [-0.2, 0) is 6.42 Å². The zero-order valence-corrected chi connectivity index (χ0v) is 21.0. The van der Waals surface area contributed by atoms with E-state index in [1.807, 2.05) is 24.0 Å². The molecule has 3 heterocycles. The van der Waals surface area contributed by atoms with Crippen molar-refractivity contribution < 1.29 is 27.8 Å². The lowest BCUT2D eigenvalue weighted by atomic mass is 9.69. The van der Waals surface area contributed by atoms with Crippen molar-refractivity contribution in [3.63, 3.8) is 0 Å². The van der Waals surface area contributed by atoms with Crippen LogP contribution in [0.2, 0.25) is 0 Å². The molecule has 0 aromatic heterocycles. The van der Waals surface area contributed by atoms with Crippen molar-refractivity contribution >= 4 is 0 Å². The largest absolute Gasteiger partial charge is 0.454 e. The third kappa shape index (κ3) is 4.97. The van der Waals surface area contributed by atoms with Crippen LogP contribution >= 0.6 is 0 Å². The number of alkyl halides is 3. The Kier molecular flexibility index (Phi) is 7.00. The minimum atomic E-state index is -3.20. The number of nitrogens with zero attached hydrogens (tertiary/aromatic N) is 2. The van der Waals surface area contributed by atoms with Gasteiger partial charge in [0.15, 0.2) is 11.5 Å². The van der Waals surface area contributed by atoms with Crippen LogP contribution in [0.4, 0.5) is 13.2 Å². The van der Waals surface area contributed by atoms with E-state index in [9.17, 15) is 18.3 Å². The van der Waals surface area contributed by atoms with E-state index in [4.69, 9.17) is 9.47 Å². The standard InChI is InChI=1S/C27H36F3N3O3/c1-18-10-19-11-23-24(36-17-35-23)12-22(19)25(33(18)15-27(29,30)16-34)26(2)6-4-20(5-7-26)31-21-13-32(14-21)9-3-8-28/h4-6,11-12,18,21,25,31,34H,3,7-10,13-17H2,1-2H3/t18-,25+,26?/m1/s1. The van der Waals surface area contributed by atoms with Gasteiger partial charge in [0, 0.05) is 42.8 Å². The van der Waals surface area contributed by atoms with Gasteiger partial charge in [-0.15, -0.1) is 0 Å². The van der Waals surface area contributed by atoms with Gasteiger partial charge in [-0.1, -0.05) is 19.1 Å². The summed E-state index contributed by atoms with van der Waals surface area (Å²) in [4.78, 5) is 4.09. The maximum Gasteiger partial charge on any atom is 0.283 e. The van der Waals surface area contributed by atoms with Gasteiger partial charge in [-0.3, -0.25) is 14.2 Å². The predicted octanol–water partition coefficient (Wildman–Crippen LogP) is 3.81. The number of aliphatic hydroxyl groups excluding tert-OH is 1. The lowest BCUT2D eigenvalue weighted by molar-refractivity contribution is -0.0991. The van der Waals surface area contributed by atoms with Crippen LogP contribution in [0.5, 0.6) is 11.5 Å². The van der Waals surface area contributed by atoms with Crippen molar-refractivity contribution in [2.24, 2.45) is 5.41 Å². The van der Waals surface area contributed by atoms with Gasteiger partial charge >= 0.3 is 0 Å². The summed E-state index contributed by atoms with van der Waals surface area (Å²) in [5.41, 5.74) is 2.65. The molecule has 6 nitrogen and oxygen atoms in total. The highest BCUT2D eigenvalue weighted by atomic mass is 19.3. The number of ether oxygens (including phenoxy) is 2. The summed E-state index contributed by atoms with van der Waals surface area (Å²) < 4.78 is 52.7. The molecule has 4 aliphatic rings. The summed E-state index contributed by atoms with van der Waals surface area (Å²) in [7, 11) is 0. The van der Waals surface area contributed by atoms with Crippen LogP contribution in [0.15, 0.2) is 36.1 Å². The minimum Gasteiger partial charge on any atom is -0.454 e. The molecule has 3 aliphatic heterocycles. The highest BCUT2D eigenvalue weighted by Crippen LogP contribution is 2.52. The maximum atomic E-state index is 14.5. The summed E-state index contributed by atoms with van der Waals surface area (Å²) >= 11 is 0. The van der Waals surface area contributed by atoms with Crippen LogP contribution in [0, 0.1) is 5.41 Å². The number of hydrogen-bond donors (Lipinski definition) is 2. The molecule has 1 aliphatic carbocycles. The number of hydrogen-bond acceptors (Lipinski definition) is 6. The van der Waals surface area contributed by atoms with Gasteiger partial charge in [0.1, 0.15) is 6.61 Å². The Labute approximate surface area is 210 Å². The molecule has 36 heavy (non-hydrogen) atoms. The number of allylic oxidation sites excluding steroid dienone is 2. The lowest BCUT2D eigenvalue weighted by Crippen LogP contribution is -2.57. The lowest BCUT2D eigenvalue weighted by Gasteiger charge is -2.50. The van der Waals surface area contributed by atoms with Gasteiger partial charge in [-0.25, -0.2) is 8.78 Å². The number of likely N-dealkylation sites (tertiary alicyclic amines) is 1. The van der Waals surface area contributed by atoms with Crippen LogP contribution < -0.4 is 14.8 Å². The van der Waals surface area contributed by atoms with Crippen molar-refractivity contribution in [3.8, 4) is 11.5 Å². The monoisotopic (exact) mass is 507 g/mol. The first kappa shape index (κ1) is 25.4. The Morgan fingerprint density at radius 1 is 1.22 bits per heavy atom. The number of aliphatic hydroxyl groups is 1. The molecule has 1 aromatic rings. The second-order valence-electron chi connectivity index (χ2n) is 10.9. The van der Waals surface area contributed by atoms with Crippen molar-refractivity contribution in [1.29, 1.82) is 0 Å². The summed E-state index contributed by atoms with van der Waals surface area (Å²) in [6.07, 6.45) is 8.21. The Hall–Kier alpha value is -2.23. The molecule has 9 heteroatoms. The van der Waals surface area contributed by atoms with Gasteiger partial charge < -0.3 is 19.9 Å². The number of rotatable bonds is 9. The SMILES string of the molecule is C[C@@H]1Cc2cc3c(cc2[C@@H](C2(C)C=CC(NC4CN(CCCF)C4)=CC2)N1CC(F)(F)CO)OCO3. The van der Waals surface area contributed by atoms with Crippen molar-refractivity contribution in [2.45, 2.75) is 57.2 Å². The molecule has 0 radical (unpaired) electrons. The normalized spacial score (nSPS) is 28.6. The van der Waals surface area contributed by atoms with Gasteiger partial charge in [0.25, 0.3) is 5.92 Å².